The van der Waals surface area contributed by atoms with E-state index >= 15 is 0 Å². The summed E-state index contributed by atoms with van der Waals surface area (Å²) in [5.74, 6) is 4.81. The Morgan fingerprint density at radius 1 is 1.47 bits per heavy atom. The van der Waals surface area contributed by atoms with Gasteiger partial charge < -0.3 is 0 Å². The molecule has 0 aliphatic heterocycles. The molecule has 0 saturated carbocycles. The Kier molecular flexibility index (Phi) is 2.17. The maximum Gasteiger partial charge on any atom is 0.284 e. The minimum absolute atomic E-state index is 0.325. The van der Waals surface area contributed by atoms with Crippen LogP contribution in [0.3, 0.4) is 0 Å². The molecule has 2 aromatic rings. The summed E-state index contributed by atoms with van der Waals surface area (Å²) in [5.41, 5.74) is 5.00. The maximum absolute atomic E-state index is 11.6. The number of nitrogen functional groups attached to an aromatic ring is 1. The number of nitrogens with one attached hydrogen (secondary N) is 1. The van der Waals surface area contributed by atoms with Gasteiger partial charge in [0.15, 0.2) is 0 Å². The van der Waals surface area contributed by atoms with Gasteiger partial charge in [-0.05, 0) is 26.0 Å². The third-order valence-corrected chi connectivity index (χ3v) is 2.36. The molecule has 1 amide bonds. The van der Waals surface area contributed by atoms with Crippen molar-refractivity contribution in [2.45, 2.75) is 13.8 Å². The number of pyridine rings is 1. The normalized spacial score (nSPS) is 10.6. The van der Waals surface area contributed by atoms with E-state index in [1.807, 2.05) is 25.1 Å². The van der Waals surface area contributed by atoms with E-state index in [9.17, 15) is 4.79 Å². The Morgan fingerprint density at radius 2 is 2.20 bits per heavy atom. The van der Waals surface area contributed by atoms with Crippen molar-refractivity contribution in [1.29, 1.82) is 0 Å². The molecule has 15 heavy (non-hydrogen) atoms. The molecule has 0 atom stereocenters. The van der Waals surface area contributed by atoms with Crippen LogP contribution in [0, 0.1) is 13.8 Å². The maximum atomic E-state index is 11.6. The molecule has 3 N–H and O–H groups in total. The van der Waals surface area contributed by atoms with Crippen LogP contribution < -0.4 is 11.3 Å². The summed E-state index contributed by atoms with van der Waals surface area (Å²) < 4.78 is 1.79. The molecule has 0 spiro atoms. The highest BCUT2D eigenvalue weighted by atomic mass is 16.2. The summed E-state index contributed by atoms with van der Waals surface area (Å²) in [6.07, 6.45) is 0. The van der Waals surface area contributed by atoms with Crippen LogP contribution >= 0.6 is 0 Å². The van der Waals surface area contributed by atoms with Crippen LogP contribution in [0.15, 0.2) is 18.2 Å². The largest absolute Gasteiger partial charge is 0.292 e. The van der Waals surface area contributed by atoms with E-state index in [0.29, 0.717) is 11.4 Å². The summed E-state index contributed by atoms with van der Waals surface area (Å²) in [6.45, 7) is 3.71. The lowest BCUT2D eigenvalue weighted by atomic mass is 10.3. The first-order valence-electron chi connectivity index (χ1n) is 4.60. The van der Waals surface area contributed by atoms with Gasteiger partial charge in [-0.2, -0.15) is 0 Å². The molecule has 78 valence electrons. The van der Waals surface area contributed by atoms with Crippen LogP contribution in [-0.4, -0.2) is 15.3 Å². The van der Waals surface area contributed by atoms with E-state index in [1.165, 1.54) is 0 Å². The van der Waals surface area contributed by atoms with Crippen LogP contribution in [0.5, 0.6) is 0 Å². The van der Waals surface area contributed by atoms with Crippen molar-refractivity contribution in [2.24, 2.45) is 5.84 Å². The number of rotatable bonds is 1. The van der Waals surface area contributed by atoms with Crippen LogP contribution in [0.25, 0.3) is 5.65 Å². The average Bonchev–Trinajstić information content (AvgIpc) is 2.55. The molecule has 2 heterocycles. The molecule has 5 heteroatoms. The van der Waals surface area contributed by atoms with Gasteiger partial charge in [0.25, 0.3) is 5.91 Å². The van der Waals surface area contributed by atoms with Gasteiger partial charge in [0, 0.05) is 5.69 Å². The van der Waals surface area contributed by atoms with E-state index in [4.69, 9.17) is 5.84 Å². The van der Waals surface area contributed by atoms with Gasteiger partial charge in [-0.1, -0.05) is 6.07 Å². The number of hydrazine groups is 1. The van der Waals surface area contributed by atoms with Gasteiger partial charge in [0.05, 0.1) is 5.69 Å². The first-order valence-corrected chi connectivity index (χ1v) is 4.60. The van der Waals surface area contributed by atoms with Crippen molar-refractivity contribution in [3.63, 3.8) is 0 Å². The number of nitrogens with two attached hydrogens (primary N) is 1. The second-order valence-corrected chi connectivity index (χ2v) is 3.38. The molecular formula is C10H12N4O. The second-order valence-electron chi connectivity index (χ2n) is 3.38. The topological polar surface area (TPSA) is 72.4 Å². The molecular weight excluding hydrogens is 192 g/mol. The number of nitrogens with zero attached hydrogens (tertiary/aromatic N) is 2. The van der Waals surface area contributed by atoms with E-state index in [0.717, 1.165) is 11.3 Å². The highest BCUT2D eigenvalue weighted by Crippen LogP contribution is 2.14. The fraction of sp³-hybridized carbons (Fsp3) is 0.200. The lowest BCUT2D eigenvalue weighted by Crippen LogP contribution is -2.31. The molecule has 0 saturated heterocycles. The van der Waals surface area contributed by atoms with Crippen LogP contribution in [0.4, 0.5) is 0 Å². The molecule has 2 aromatic heterocycles. The number of imidazole rings is 1. The minimum atomic E-state index is -0.325. The number of aromatic nitrogens is 2. The lowest BCUT2D eigenvalue weighted by molar-refractivity contribution is 0.0947. The average molecular weight is 204 g/mol. The zero-order valence-electron chi connectivity index (χ0n) is 8.61. The molecule has 2 rings (SSSR count). The Balaban J connectivity index is 2.82. The summed E-state index contributed by atoms with van der Waals surface area (Å²) in [6, 6.07) is 5.68. The summed E-state index contributed by atoms with van der Waals surface area (Å²) in [7, 11) is 0. The number of hydrogen-bond donors (Lipinski definition) is 2. The summed E-state index contributed by atoms with van der Waals surface area (Å²) in [4.78, 5) is 15.9. The number of aryl methyl sites for hydroxylation is 2. The molecule has 0 aliphatic rings. The molecule has 0 bridgehead atoms. The lowest BCUT2D eigenvalue weighted by Gasteiger charge is -2.04. The highest BCUT2D eigenvalue weighted by Gasteiger charge is 2.16. The number of carbonyl (C=O) groups excluding carboxylic acids is 1. The van der Waals surface area contributed by atoms with E-state index in [2.05, 4.69) is 10.4 Å². The fourth-order valence-electron chi connectivity index (χ4n) is 1.70. The molecule has 0 aromatic carbocycles. The predicted molar refractivity (Wildman–Crippen MR) is 56.3 cm³/mol. The highest BCUT2D eigenvalue weighted by molar-refractivity contribution is 5.94. The van der Waals surface area contributed by atoms with Crippen molar-refractivity contribution < 1.29 is 4.79 Å². The van der Waals surface area contributed by atoms with Gasteiger partial charge in [0.2, 0.25) is 0 Å². The zero-order valence-corrected chi connectivity index (χ0v) is 8.61. The van der Waals surface area contributed by atoms with E-state index in [-0.39, 0.29) is 5.91 Å². The summed E-state index contributed by atoms with van der Waals surface area (Å²) >= 11 is 0. The molecule has 0 radical (unpaired) electrons. The second kappa shape index (κ2) is 3.36. The van der Waals surface area contributed by atoms with Crippen molar-refractivity contribution in [2.75, 3.05) is 0 Å². The number of hydrogen-bond acceptors (Lipinski definition) is 3. The third kappa shape index (κ3) is 1.37. The van der Waals surface area contributed by atoms with Crippen molar-refractivity contribution in [3.05, 3.63) is 35.3 Å². The third-order valence-electron chi connectivity index (χ3n) is 2.36. The smallest absolute Gasteiger partial charge is 0.284 e. The van der Waals surface area contributed by atoms with Gasteiger partial charge in [-0.3, -0.25) is 14.6 Å². The van der Waals surface area contributed by atoms with Crippen molar-refractivity contribution in [3.8, 4) is 0 Å². The Bertz CT molecular complexity index is 529. The van der Waals surface area contributed by atoms with Crippen molar-refractivity contribution in [1.82, 2.24) is 14.8 Å². The van der Waals surface area contributed by atoms with Crippen LogP contribution in [-0.2, 0) is 0 Å². The summed E-state index contributed by atoms with van der Waals surface area (Å²) in [5, 5.41) is 0. The number of fused-ring (bicyclic) bond motifs is 1. The molecule has 0 fully saturated rings. The predicted octanol–water partition coefficient (Wildman–Crippen LogP) is 0.555. The Hall–Kier alpha value is -1.88. The molecule has 0 aliphatic carbocycles. The van der Waals surface area contributed by atoms with E-state index in [1.54, 1.807) is 11.3 Å². The molecule has 0 unspecified atom stereocenters. The number of carbonyl (C=O) groups is 1. The fourth-order valence-corrected chi connectivity index (χ4v) is 1.70. The van der Waals surface area contributed by atoms with Crippen LogP contribution in [0.1, 0.15) is 21.9 Å². The first-order chi connectivity index (χ1) is 7.15. The first kappa shape index (κ1) is 9.67. The standard InChI is InChI=1S/C10H12N4O/c1-6-4-3-5-8-12-7(2)9(14(6)8)10(15)13-11/h3-5H,11H2,1-2H3,(H,13,15). The van der Waals surface area contributed by atoms with Crippen molar-refractivity contribution >= 4 is 11.6 Å². The monoisotopic (exact) mass is 204 g/mol. The Labute approximate surface area is 86.9 Å². The van der Waals surface area contributed by atoms with E-state index < -0.39 is 0 Å². The zero-order chi connectivity index (χ0) is 11.0. The Morgan fingerprint density at radius 3 is 2.87 bits per heavy atom. The van der Waals surface area contributed by atoms with Gasteiger partial charge in [0.1, 0.15) is 11.3 Å². The SMILES string of the molecule is Cc1nc2cccc(C)n2c1C(=O)NN. The van der Waals surface area contributed by atoms with Crippen LogP contribution in [0.2, 0.25) is 0 Å². The van der Waals surface area contributed by atoms with Gasteiger partial charge >= 0.3 is 0 Å². The quantitative estimate of drug-likeness (QED) is 0.405. The number of amides is 1. The molecule has 5 nitrogen and oxygen atoms in total. The van der Waals surface area contributed by atoms with Gasteiger partial charge in [-0.25, -0.2) is 10.8 Å². The minimum Gasteiger partial charge on any atom is -0.292 e. The van der Waals surface area contributed by atoms with Gasteiger partial charge in [-0.15, -0.1) is 0 Å².